The second-order valence-electron chi connectivity index (χ2n) is 4.83. The Morgan fingerprint density at radius 1 is 1.28 bits per heavy atom. The summed E-state index contributed by atoms with van der Waals surface area (Å²) in [5.41, 5.74) is 1.21. The van der Waals surface area contributed by atoms with Crippen LogP contribution in [0.3, 0.4) is 0 Å². The molecule has 1 heterocycles. The molecule has 0 unspecified atom stereocenters. The van der Waals surface area contributed by atoms with Gasteiger partial charge in [-0.1, -0.05) is 17.7 Å². The number of benzene rings is 1. The smallest absolute Gasteiger partial charge is 0.119 e. The van der Waals surface area contributed by atoms with E-state index in [-0.39, 0.29) is 0 Å². The fourth-order valence-corrected chi connectivity index (χ4v) is 2.07. The molecule has 1 atom stereocenters. The van der Waals surface area contributed by atoms with Gasteiger partial charge in [-0.15, -0.1) is 0 Å². The van der Waals surface area contributed by atoms with Gasteiger partial charge < -0.3 is 15.2 Å². The molecule has 4 heteroatoms. The van der Waals surface area contributed by atoms with Crippen molar-refractivity contribution in [2.24, 2.45) is 0 Å². The Hall–Kier alpha value is -1.10. The maximum Gasteiger partial charge on any atom is 0.119 e. The molecule has 100 valence electrons. The third-order valence-corrected chi connectivity index (χ3v) is 3.14. The molecule has 0 saturated carbocycles. The number of nitrogens with zero attached hydrogens (tertiary/aromatic N) is 1. The van der Waals surface area contributed by atoms with Gasteiger partial charge >= 0.3 is 0 Å². The standard InChI is InChI=1S/C14H22N2O2/c1-12-2-4-14(5-3-12)18-11-13(17)10-16-8-6-15-7-9-16/h2-5,13,15,17H,6-11H2,1H3/t13-/m0/s1. The van der Waals surface area contributed by atoms with Crippen molar-refractivity contribution in [2.45, 2.75) is 13.0 Å². The molecule has 0 radical (unpaired) electrons. The van der Waals surface area contributed by atoms with E-state index in [1.54, 1.807) is 0 Å². The quantitative estimate of drug-likeness (QED) is 0.805. The molecule has 18 heavy (non-hydrogen) atoms. The van der Waals surface area contributed by atoms with Gasteiger partial charge in [0, 0.05) is 32.7 Å². The number of hydrogen-bond donors (Lipinski definition) is 2. The number of piperazine rings is 1. The third-order valence-electron chi connectivity index (χ3n) is 3.14. The molecular weight excluding hydrogens is 228 g/mol. The summed E-state index contributed by atoms with van der Waals surface area (Å²) in [5.74, 6) is 0.819. The molecule has 1 aliphatic heterocycles. The highest BCUT2D eigenvalue weighted by atomic mass is 16.5. The molecule has 0 amide bonds. The van der Waals surface area contributed by atoms with Gasteiger partial charge in [-0.05, 0) is 19.1 Å². The Labute approximate surface area is 109 Å². The van der Waals surface area contributed by atoms with E-state index >= 15 is 0 Å². The van der Waals surface area contributed by atoms with Crippen LogP contribution in [0.15, 0.2) is 24.3 Å². The van der Waals surface area contributed by atoms with Gasteiger partial charge in [-0.3, -0.25) is 4.90 Å². The van der Waals surface area contributed by atoms with Crippen LogP contribution in [0.2, 0.25) is 0 Å². The molecule has 1 saturated heterocycles. The van der Waals surface area contributed by atoms with E-state index in [0.29, 0.717) is 13.2 Å². The molecule has 2 N–H and O–H groups in total. The minimum Gasteiger partial charge on any atom is -0.491 e. The van der Waals surface area contributed by atoms with Crippen molar-refractivity contribution in [3.8, 4) is 5.75 Å². The average molecular weight is 250 g/mol. The zero-order valence-electron chi connectivity index (χ0n) is 10.9. The molecule has 1 aromatic carbocycles. The van der Waals surface area contributed by atoms with Gasteiger partial charge in [-0.2, -0.15) is 0 Å². The maximum absolute atomic E-state index is 9.93. The Kier molecular flexibility index (Phi) is 4.99. The van der Waals surface area contributed by atoms with E-state index in [1.165, 1.54) is 5.56 Å². The summed E-state index contributed by atoms with van der Waals surface area (Å²) in [6.07, 6.45) is -0.426. The van der Waals surface area contributed by atoms with E-state index in [0.717, 1.165) is 31.9 Å². The minimum absolute atomic E-state index is 0.354. The van der Waals surface area contributed by atoms with Crippen molar-refractivity contribution in [3.05, 3.63) is 29.8 Å². The second-order valence-corrected chi connectivity index (χ2v) is 4.83. The fourth-order valence-electron chi connectivity index (χ4n) is 2.07. The molecular formula is C14H22N2O2. The molecule has 0 aliphatic carbocycles. The zero-order valence-corrected chi connectivity index (χ0v) is 10.9. The highest BCUT2D eigenvalue weighted by Gasteiger charge is 2.14. The van der Waals surface area contributed by atoms with Crippen molar-refractivity contribution in [3.63, 3.8) is 0 Å². The highest BCUT2D eigenvalue weighted by Crippen LogP contribution is 2.11. The second kappa shape index (κ2) is 6.73. The predicted octanol–water partition coefficient (Wildman–Crippen LogP) is 0.640. The van der Waals surface area contributed by atoms with Gasteiger partial charge in [0.15, 0.2) is 0 Å². The van der Waals surface area contributed by atoms with Crippen LogP contribution in [-0.4, -0.2) is 55.4 Å². The lowest BCUT2D eigenvalue weighted by Gasteiger charge is -2.29. The Morgan fingerprint density at radius 3 is 2.61 bits per heavy atom. The molecule has 4 nitrogen and oxygen atoms in total. The lowest BCUT2D eigenvalue weighted by molar-refractivity contribution is 0.0641. The van der Waals surface area contributed by atoms with E-state index < -0.39 is 6.10 Å². The van der Waals surface area contributed by atoms with Crippen LogP contribution in [0, 0.1) is 6.92 Å². The summed E-state index contributed by atoms with van der Waals surface area (Å²) in [6.45, 7) is 7.10. The van der Waals surface area contributed by atoms with Crippen LogP contribution in [0.1, 0.15) is 5.56 Å². The number of aliphatic hydroxyl groups is 1. The van der Waals surface area contributed by atoms with Gasteiger partial charge in [0.05, 0.1) is 0 Å². The first-order chi connectivity index (χ1) is 8.74. The predicted molar refractivity (Wildman–Crippen MR) is 72.0 cm³/mol. The molecule has 0 spiro atoms. The first-order valence-electron chi connectivity index (χ1n) is 6.54. The molecule has 0 aromatic heterocycles. The van der Waals surface area contributed by atoms with Crippen LogP contribution in [-0.2, 0) is 0 Å². The van der Waals surface area contributed by atoms with Gasteiger partial charge in [0.1, 0.15) is 18.5 Å². The van der Waals surface area contributed by atoms with Gasteiger partial charge in [0.25, 0.3) is 0 Å². The number of ether oxygens (including phenoxy) is 1. The van der Waals surface area contributed by atoms with Crippen LogP contribution >= 0.6 is 0 Å². The summed E-state index contributed by atoms with van der Waals surface area (Å²) < 4.78 is 5.57. The van der Waals surface area contributed by atoms with E-state index in [4.69, 9.17) is 4.74 Å². The monoisotopic (exact) mass is 250 g/mol. The summed E-state index contributed by atoms with van der Waals surface area (Å²) in [5, 5.41) is 13.2. The van der Waals surface area contributed by atoms with E-state index in [2.05, 4.69) is 10.2 Å². The van der Waals surface area contributed by atoms with Crippen molar-refractivity contribution < 1.29 is 9.84 Å². The van der Waals surface area contributed by atoms with Crippen LogP contribution < -0.4 is 10.1 Å². The topological polar surface area (TPSA) is 44.7 Å². The molecule has 0 bridgehead atoms. The molecule has 2 rings (SSSR count). The van der Waals surface area contributed by atoms with Crippen LogP contribution in [0.4, 0.5) is 0 Å². The average Bonchev–Trinajstić information content (AvgIpc) is 2.39. The summed E-state index contributed by atoms with van der Waals surface area (Å²) in [6, 6.07) is 7.90. The first-order valence-corrected chi connectivity index (χ1v) is 6.54. The van der Waals surface area contributed by atoms with Gasteiger partial charge in [0.2, 0.25) is 0 Å². The lowest BCUT2D eigenvalue weighted by Crippen LogP contribution is -2.47. The summed E-state index contributed by atoms with van der Waals surface area (Å²) in [4.78, 5) is 2.26. The van der Waals surface area contributed by atoms with Crippen molar-refractivity contribution >= 4 is 0 Å². The Bertz CT molecular complexity index is 347. The van der Waals surface area contributed by atoms with Gasteiger partial charge in [-0.25, -0.2) is 0 Å². The normalized spacial score (nSPS) is 18.6. The molecule has 1 fully saturated rings. The molecule has 1 aliphatic rings. The van der Waals surface area contributed by atoms with E-state index in [9.17, 15) is 5.11 Å². The van der Waals surface area contributed by atoms with Crippen molar-refractivity contribution in [2.75, 3.05) is 39.3 Å². The zero-order chi connectivity index (χ0) is 12.8. The third kappa shape index (κ3) is 4.29. The van der Waals surface area contributed by atoms with Crippen molar-refractivity contribution in [1.29, 1.82) is 0 Å². The minimum atomic E-state index is -0.426. The first kappa shape index (κ1) is 13.3. The van der Waals surface area contributed by atoms with Crippen molar-refractivity contribution in [1.82, 2.24) is 10.2 Å². The Balaban J connectivity index is 1.70. The largest absolute Gasteiger partial charge is 0.491 e. The van der Waals surface area contributed by atoms with Crippen LogP contribution in [0.5, 0.6) is 5.75 Å². The maximum atomic E-state index is 9.93. The summed E-state index contributed by atoms with van der Waals surface area (Å²) >= 11 is 0. The lowest BCUT2D eigenvalue weighted by atomic mass is 10.2. The van der Waals surface area contributed by atoms with Crippen LogP contribution in [0.25, 0.3) is 0 Å². The SMILES string of the molecule is Cc1ccc(OC[C@@H](O)CN2CCNCC2)cc1. The number of aliphatic hydroxyl groups excluding tert-OH is 1. The number of aryl methyl sites for hydroxylation is 1. The van der Waals surface area contributed by atoms with E-state index in [1.807, 2.05) is 31.2 Å². The highest BCUT2D eigenvalue weighted by molar-refractivity contribution is 5.26. The number of hydrogen-bond acceptors (Lipinski definition) is 4. The Morgan fingerprint density at radius 2 is 1.94 bits per heavy atom. The number of rotatable bonds is 5. The molecule has 1 aromatic rings. The number of nitrogens with one attached hydrogen (secondary N) is 1. The number of β-amino-alcohol motifs (C(OH)–C–C–N with tert-alkyl or cyclic N) is 1. The fraction of sp³-hybridized carbons (Fsp3) is 0.571. The summed E-state index contributed by atoms with van der Waals surface area (Å²) in [7, 11) is 0.